The number of amides is 2. The van der Waals surface area contributed by atoms with Crippen LogP contribution in [0.5, 0.6) is 0 Å². The summed E-state index contributed by atoms with van der Waals surface area (Å²) in [5.74, 6) is -0.440. The van der Waals surface area contributed by atoms with Crippen LogP contribution in [0.2, 0.25) is 5.02 Å². The molecule has 2 aromatic heterocycles. The molecule has 3 aliphatic rings. The molecule has 1 atom stereocenters. The molecule has 4 heterocycles. The molecule has 0 radical (unpaired) electrons. The van der Waals surface area contributed by atoms with Crippen LogP contribution in [-0.2, 0) is 27.3 Å². The number of piperidine rings is 1. The van der Waals surface area contributed by atoms with E-state index in [1.165, 1.54) is 55.4 Å². The van der Waals surface area contributed by atoms with Crippen molar-refractivity contribution in [2.75, 3.05) is 63.7 Å². The number of benzene rings is 3. The van der Waals surface area contributed by atoms with E-state index in [1.807, 2.05) is 18.3 Å². The lowest BCUT2D eigenvalue weighted by Gasteiger charge is -2.34. The largest absolute Gasteiger partial charge is 0.400 e. The third-order valence-electron chi connectivity index (χ3n) is 12.3. The average Bonchev–Trinajstić information content (AvgIpc) is 3.67. The van der Waals surface area contributed by atoms with Crippen molar-refractivity contribution < 1.29 is 23.8 Å². The van der Waals surface area contributed by atoms with E-state index in [0.29, 0.717) is 35.5 Å². The summed E-state index contributed by atoms with van der Waals surface area (Å²) in [5.41, 5.74) is 7.17. The standard InChI is InChI=1S/C48H58ClFN8O3.CH4O/c49-37-28-38(50)30-40(29-37)53-48-51-31-42-43(33-58(46(42)55-48)41-9-3-1-4-10-41)36-15-11-35(12-16-36)32-57-24-22-56(23-25-57)21-5-2-6-26-61-27-7-8-34-13-17-39(18-14-34)52-44-19-20-45(59)54-47(44)60;1-2/h11-18,28-31,33,41,44,52H,1-10,19-27,32H2,(H,51,53,55)(H,54,59,60);2H,1H3. The molecule has 0 bridgehead atoms. The highest BCUT2D eigenvalue weighted by Gasteiger charge is 2.26. The summed E-state index contributed by atoms with van der Waals surface area (Å²) in [7, 11) is 1.00. The molecular formula is C49H62ClFN8O4. The Morgan fingerprint density at radius 3 is 2.32 bits per heavy atom. The van der Waals surface area contributed by atoms with Crippen LogP contribution in [-0.4, -0.2) is 100 Å². The minimum atomic E-state index is -0.408. The number of hydrogen-bond donors (Lipinski definition) is 4. The van der Waals surface area contributed by atoms with Gasteiger partial charge < -0.3 is 29.9 Å². The zero-order valence-electron chi connectivity index (χ0n) is 36.5. The van der Waals surface area contributed by atoms with Gasteiger partial charge in [-0.3, -0.25) is 19.8 Å². The fourth-order valence-electron chi connectivity index (χ4n) is 8.93. The Morgan fingerprint density at radius 2 is 1.57 bits per heavy atom. The molecule has 63 heavy (non-hydrogen) atoms. The lowest BCUT2D eigenvalue weighted by molar-refractivity contribution is -0.133. The number of carbonyl (C=O) groups excluding carboxylic acids is 2. The maximum atomic E-state index is 14.0. The highest BCUT2D eigenvalue weighted by atomic mass is 35.5. The molecule has 0 spiro atoms. The lowest BCUT2D eigenvalue weighted by Crippen LogP contribution is -2.47. The SMILES string of the molecule is CO.O=C1CCC(Nc2ccc(CCCOCCCCCN3CCN(Cc4ccc(-c5cn(C6CCCCC6)c6nc(Nc7cc(F)cc(Cl)c7)ncc56)cc4)CC3)cc2)C(=O)N1. The van der Waals surface area contributed by atoms with Gasteiger partial charge in [0.15, 0.2) is 0 Å². The third-order valence-corrected chi connectivity index (χ3v) is 12.6. The van der Waals surface area contributed by atoms with Gasteiger partial charge in [0.2, 0.25) is 17.8 Å². The summed E-state index contributed by atoms with van der Waals surface area (Å²) in [5, 5.41) is 17.1. The molecule has 2 saturated heterocycles. The number of hydrogen-bond acceptors (Lipinski definition) is 10. The van der Waals surface area contributed by atoms with Crippen LogP contribution < -0.4 is 16.0 Å². The monoisotopic (exact) mass is 880 g/mol. The molecule has 1 saturated carbocycles. The molecule has 14 heteroatoms. The van der Waals surface area contributed by atoms with Crippen LogP contribution in [0.4, 0.5) is 21.7 Å². The molecule has 336 valence electrons. The number of aliphatic hydroxyl groups excluding tert-OH is 1. The smallest absolute Gasteiger partial charge is 0.249 e. The second-order valence-corrected chi connectivity index (χ2v) is 17.3. The van der Waals surface area contributed by atoms with E-state index in [9.17, 15) is 14.0 Å². The van der Waals surface area contributed by atoms with Crippen molar-refractivity contribution in [2.24, 2.45) is 0 Å². The summed E-state index contributed by atoms with van der Waals surface area (Å²) in [6.07, 6.45) is 16.4. The first-order valence-electron chi connectivity index (χ1n) is 22.7. The quantitative estimate of drug-likeness (QED) is 0.0499. The lowest BCUT2D eigenvalue weighted by atomic mass is 9.95. The molecule has 3 fully saturated rings. The molecule has 4 N–H and O–H groups in total. The van der Waals surface area contributed by atoms with E-state index in [1.54, 1.807) is 6.07 Å². The second kappa shape index (κ2) is 23.1. The highest BCUT2D eigenvalue weighted by molar-refractivity contribution is 6.30. The van der Waals surface area contributed by atoms with E-state index in [4.69, 9.17) is 26.4 Å². The van der Waals surface area contributed by atoms with Crippen LogP contribution in [0.3, 0.4) is 0 Å². The summed E-state index contributed by atoms with van der Waals surface area (Å²) in [6, 6.07) is 21.6. The van der Waals surface area contributed by atoms with Crippen LogP contribution in [0.1, 0.15) is 87.8 Å². The van der Waals surface area contributed by atoms with Crippen molar-refractivity contribution in [3.63, 3.8) is 0 Å². The van der Waals surface area contributed by atoms with E-state index in [2.05, 4.69) is 77.9 Å². The number of piperazine rings is 1. The van der Waals surface area contributed by atoms with Gasteiger partial charge >= 0.3 is 0 Å². The predicted molar refractivity (Wildman–Crippen MR) is 249 cm³/mol. The zero-order valence-corrected chi connectivity index (χ0v) is 37.2. The van der Waals surface area contributed by atoms with Gasteiger partial charge in [-0.15, -0.1) is 0 Å². The van der Waals surface area contributed by atoms with Crippen molar-refractivity contribution in [3.05, 3.63) is 101 Å². The van der Waals surface area contributed by atoms with Gasteiger partial charge in [-0.05, 0) is 105 Å². The van der Waals surface area contributed by atoms with Gasteiger partial charge in [0.25, 0.3) is 0 Å². The molecule has 3 aromatic carbocycles. The fraction of sp³-hybridized carbons (Fsp3) is 0.469. The number of ether oxygens (including phenoxy) is 1. The number of aliphatic hydroxyl groups is 1. The summed E-state index contributed by atoms with van der Waals surface area (Å²) >= 11 is 6.11. The molecule has 12 nitrogen and oxygen atoms in total. The summed E-state index contributed by atoms with van der Waals surface area (Å²) in [6.45, 7) is 8.03. The van der Waals surface area contributed by atoms with Gasteiger partial charge in [-0.2, -0.15) is 4.98 Å². The number of nitrogens with zero attached hydrogens (tertiary/aromatic N) is 5. The average molecular weight is 882 g/mol. The number of halogens is 2. The number of imide groups is 1. The van der Waals surface area contributed by atoms with E-state index in [-0.39, 0.29) is 17.9 Å². The highest BCUT2D eigenvalue weighted by Crippen LogP contribution is 2.37. The molecule has 2 aliphatic heterocycles. The summed E-state index contributed by atoms with van der Waals surface area (Å²) < 4.78 is 22.3. The van der Waals surface area contributed by atoms with Crippen LogP contribution >= 0.6 is 11.6 Å². The minimum absolute atomic E-state index is 0.200. The van der Waals surface area contributed by atoms with Gasteiger partial charge in [-0.25, -0.2) is 9.37 Å². The van der Waals surface area contributed by atoms with Gasteiger partial charge in [0.05, 0.1) is 0 Å². The maximum absolute atomic E-state index is 14.0. The van der Waals surface area contributed by atoms with E-state index >= 15 is 0 Å². The molecular weight excluding hydrogens is 819 g/mol. The zero-order chi connectivity index (χ0) is 44.0. The number of aromatic nitrogens is 3. The first kappa shape index (κ1) is 46.1. The Balaban J connectivity index is 0.00000293. The van der Waals surface area contributed by atoms with Crippen molar-refractivity contribution in [2.45, 2.75) is 95.7 Å². The Kier molecular flexibility index (Phi) is 16.9. The fourth-order valence-corrected chi connectivity index (χ4v) is 9.15. The number of anilines is 3. The van der Waals surface area contributed by atoms with Crippen molar-refractivity contribution in [1.29, 1.82) is 0 Å². The van der Waals surface area contributed by atoms with Crippen LogP contribution in [0.25, 0.3) is 22.2 Å². The first-order chi connectivity index (χ1) is 30.8. The van der Waals surface area contributed by atoms with Crippen LogP contribution in [0.15, 0.2) is 79.1 Å². The maximum Gasteiger partial charge on any atom is 0.249 e. The van der Waals surface area contributed by atoms with Gasteiger partial charge in [0, 0.05) is 105 Å². The Labute approximate surface area is 375 Å². The van der Waals surface area contributed by atoms with Crippen LogP contribution in [0, 0.1) is 5.82 Å². The minimum Gasteiger partial charge on any atom is -0.400 e. The number of unbranched alkanes of at least 4 members (excludes halogenated alkanes) is 2. The Hall–Kier alpha value is -4.92. The number of aryl methyl sites for hydroxylation is 1. The van der Waals surface area contributed by atoms with Crippen molar-refractivity contribution in [3.8, 4) is 11.1 Å². The van der Waals surface area contributed by atoms with Gasteiger partial charge in [0.1, 0.15) is 17.5 Å². The molecule has 2 amide bonds. The summed E-state index contributed by atoms with van der Waals surface area (Å²) in [4.78, 5) is 38.1. The predicted octanol–water partition coefficient (Wildman–Crippen LogP) is 8.90. The molecule has 8 rings (SSSR count). The van der Waals surface area contributed by atoms with Crippen molar-refractivity contribution in [1.82, 2.24) is 29.7 Å². The topological polar surface area (TPSA) is 137 Å². The Bertz CT molecular complexity index is 2220. The molecule has 5 aromatic rings. The number of nitrogens with one attached hydrogen (secondary N) is 3. The number of rotatable bonds is 18. The third kappa shape index (κ3) is 13.1. The Morgan fingerprint density at radius 1 is 0.841 bits per heavy atom. The first-order valence-corrected chi connectivity index (χ1v) is 23.1. The number of fused-ring (bicyclic) bond motifs is 1. The second-order valence-electron chi connectivity index (χ2n) is 16.9. The van der Waals surface area contributed by atoms with Crippen molar-refractivity contribution >= 4 is 51.8 Å². The normalized spacial score (nSPS) is 17.6. The molecule has 1 unspecified atom stereocenters. The van der Waals surface area contributed by atoms with E-state index < -0.39 is 5.82 Å². The van der Waals surface area contributed by atoms with E-state index in [0.717, 1.165) is 120 Å². The van der Waals surface area contributed by atoms with Gasteiger partial charge in [-0.1, -0.05) is 67.3 Å². The molecule has 1 aliphatic carbocycles. The number of carbonyl (C=O) groups is 2.